The van der Waals surface area contributed by atoms with Crippen molar-refractivity contribution in [3.05, 3.63) is 65.6 Å². The molecular weight excluding hydrogens is 354 g/mol. The van der Waals surface area contributed by atoms with Gasteiger partial charge in [-0.2, -0.15) is 15.0 Å². The van der Waals surface area contributed by atoms with Crippen molar-refractivity contribution < 1.29 is 9.53 Å². The topological polar surface area (TPSA) is 73.1 Å². The monoisotopic (exact) mass is 377 g/mol. The van der Waals surface area contributed by atoms with Crippen LogP contribution in [0.3, 0.4) is 0 Å². The fourth-order valence-corrected chi connectivity index (χ4v) is 3.56. The molecule has 1 amide bonds. The van der Waals surface area contributed by atoms with Crippen LogP contribution in [-0.4, -0.2) is 50.0 Å². The summed E-state index contributed by atoms with van der Waals surface area (Å²) in [6.45, 7) is 5.21. The highest BCUT2D eigenvalue weighted by Crippen LogP contribution is 2.23. The van der Waals surface area contributed by atoms with E-state index < -0.39 is 0 Å². The summed E-state index contributed by atoms with van der Waals surface area (Å²) in [5.74, 6) is 0.581. The van der Waals surface area contributed by atoms with E-state index in [0.717, 1.165) is 29.7 Å². The van der Waals surface area contributed by atoms with Gasteiger partial charge in [0.15, 0.2) is 0 Å². The molecule has 144 valence electrons. The lowest BCUT2D eigenvalue weighted by Gasteiger charge is -2.33. The first-order valence-corrected chi connectivity index (χ1v) is 9.47. The fraction of sp³-hybridized carbons (Fsp3) is 0.333. The van der Waals surface area contributed by atoms with E-state index in [9.17, 15) is 4.79 Å². The Balaban J connectivity index is 1.55. The molecule has 0 bridgehead atoms. The molecule has 0 N–H and O–H groups in total. The molecule has 4 rings (SSSR count). The third-order valence-electron chi connectivity index (χ3n) is 4.93. The Kier molecular flexibility index (Phi) is 5.06. The molecule has 1 aromatic carbocycles. The van der Waals surface area contributed by atoms with E-state index in [4.69, 9.17) is 4.74 Å². The van der Waals surface area contributed by atoms with E-state index in [1.165, 1.54) is 4.80 Å². The predicted octanol–water partition coefficient (Wildman–Crippen LogP) is 2.96. The molecule has 28 heavy (non-hydrogen) atoms. The van der Waals surface area contributed by atoms with Crippen molar-refractivity contribution in [3.8, 4) is 11.6 Å². The van der Waals surface area contributed by atoms with Crippen molar-refractivity contribution in [2.75, 3.05) is 13.1 Å². The zero-order valence-corrected chi connectivity index (χ0v) is 16.1. The molecular formula is C21H23N5O2. The highest BCUT2D eigenvalue weighted by atomic mass is 16.5. The minimum Gasteiger partial charge on any atom is -0.472 e. The van der Waals surface area contributed by atoms with Gasteiger partial charge in [-0.1, -0.05) is 12.1 Å². The standard InChI is InChI=1S/C21H23N5O2/c1-15-8-9-22-19(13-15)28-17-6-4-12-25(14-17)21(27)18-7-3-5-16(2)20(18)26-23-10-11-24-26/h3,5,7-11,13,17H,4,6,12,14H2,1-2H3/t17-/m1/s1. The van der Waals surface area contributed by atoms with Crippen LogP contribution in [0.15, 0.2) is 48.9 Å². The molecule has 0 aliphatic carbocycles. The number of hydrogen-bond donors (Lipinski definition) is 0. The van der Waals surface area contributed by atoms with Gasteiger partial charge in [-0.05, 0) is 49.9 Å². The zero-order chi connectivity index (χ0) is 19.5. The van der Waals surface area contributed by atoms with Crippen molar-refractivity contribution >= 4 is 5.91 Å². The Hall–Kier alpha value is -3.22. The summed E-state index contributed by atoms with van der Waals surface area (Å²) in [4.78, 5) is 20.9. The quantitative estimate of drug-likeness (QED) is 0.699. The molecule has 2 aromatic heterocycles. The second-order valence-corrected chi connectivity index (χ2v) is 7.09. The van der Waals surface area contributed by atoms with Gasteiger partial charge < -0.3 is 9.64 Å². The second kappa shape index (κ2) is 7.80. The van der Waals surface area contributed by atoms with Crippen LogP contribution in [0, 0.1) is 13.8 Å². The number of hydrogen-bond acceptors (Lipinski definition) is 5. The zero-order valence-electron chi connectivity index (χ0n) is 16.1. The number of aryl methyl sites for hydroxylation is 2. The molecule has 1 aliphatic heterocycles. The van der Waals surface area contributed by atoms with Gasteiger partial charge in [0.05, 0.1) is 24.5 Å². The number of pyridine rings is 1. The van der Waals surface area contributed by atoms with Crippen LogP contribution >= 0.6 is 0 Å². The average molecular weight is 377 g/mol. The van der Waals surface area contributed by atoms with Crippen LogP contribution < -0.4 is 4.74 Å². The number of amides is 1. The SMILES string of the molecule is Cc1ccnc(O[C@@H]2CCCN(C(=O)c3cccc(C)c3-n3nccn3)C2)c1. The summed E-state index contributed by atoms with van der Waals surface area (Å²) >= 11 is 0. The molecule has 7 heteroatoms. The minimum absolute atomic E-state index is 0.0264. The fourth-order valence-electron chi connectivity index (χ4n) is 3.56. The average Bonchev–Trinajstić information content (AvgIpc) is 3.22. The molecule has 1 saturated heterocycles. The van der Waals surface area contributed by atoms with Gasteiger partial charge in [-0.25, -0.2) is 4.98 Å². The number of ether oxygens (including phenoxy) is 1. The minimum atomic E-state index is -0.0666. The van der Waals surface area contributed by atoms with Crippen LogP contribution in [0.1, 0.15) is 34.3 Å². The van der Waals surface area contributed by atoms with Gasteiger partial charge in [-0.3, -0.25) is 4.79 Å². The third kappa shape index (κ3) is 3.74. The third-order valence-corrected chi connectivity index (χ3v) is 4.93. The molecule has 0 spiro atoms. The Morgan fingerprint density at radius 1 is 1.14 bits per heavy atom. The number of piperidine rings is 1. The first kappa shape index (κ1) is 18.2. The normalized spacial score (nSPS) is 16.8. The number of likely N-dealkylation sites (tertiary alicyclic amines) is 1. The predicted molar refractivity (Wildman–Crippen MR) is 105 cm³/mol. The molecule has 1 atom stereocenters. The Labute approximate surface area is 164 Å². The van der Waals surface area contributed by atoms with Crippen LogP contribution in [0.4, 0.5) is 0 Å². The Morgan fingerprint density at radius 2 is 1.96 bits per heavy atom. The molecule has 3 aromatic rings. The molecule has 0 unspecified atom stereocenters. The number of aromatic nitrogens is 4. The number of carbonyl (C=O) groups excluding carboxylic acids is 1. The van der Waals surface area contributed by atoms with Gasteiger partial charge in [0.2, 0.25) is 5.88 Å². The number of nitrogens with zero attached hydrogens (tertiary/aromatic N) is 5. The molecule has 1 fully saturated rings. The molecule has 1 aliphatic rings. The first-order chi connectivity index (χ1) is 13.6. The van der Waals surface area contributed by atoms with Crippen LogP contribution in [0.5, 0.6) is 5.88 Å². The summed E-state index contributed by atoms with van der Waals surface area (Å²) in [6.07, 6.45) is 6.69. The molecule has 7 nitrogen and oxygen atoms in total. The van der Waals surface area contributed by atoms with Gasteiger partial charge in [-0.15, -0.1) is 0 Å². The number of rotatable bonds is 4. The van der Waals surface area contributed by atoms with E-state index >= 15 is 0 Å². The van der Waals surface area contributed by atoms with Crippen LogP contribution in [-0.2, 0) is 0 Å². The van der Waals surface area contributed by atoms with Crippen LogP contribution in [0.2, 0.25) is 0 Å². The van der Waals surface area contributed by atoms with E-state index in [-0.39, 0.29) is 12.0 Å². The Morgan fingerprint density at radius 3 is 2.75 bits per heavy atom. The summed E-state index contributed by atoms with van der Waals surface area (Å²) in [5, 5.41) is 8.43. The van der Waals surface area contributed by atoms with E-state index in [0.29, 0.717) is 24.5 Å². The van der Waals surface area contributed by atoms with Crippen molar-refractivity contribution in [3.63, 3.8) is 0 Å². The van der Waals surface area contributed by atoms with E-state index in [1.807, 2.05) is 49.1 Å². The summed E-state index contributed by atoms with van der Waals surface area (Å²) in [7, 11) is 0. The van der Waals surface area contributed by atoms with E-state index in [2.05, 4.69) is 15.2 Å². The van der Waals surface area contributed by atoms with Gasteiger partial charge >= 0.3 is 0 Å². The summed E-state index contributed by atoms with van der Waals surface area (Å²) in [6, 6.07) is 9.54. The number of para-hydroxylation sites is 1. The maximum atomic E-state index is 13.3. The lowest BCUT2D eigenvalue weighted by Crippen LogP contribution is -2.44. The smallest absolute Gasteiger partial charge is 0.256 e. The van der Waals surface area contributed by atoms with Crippen molar-refractivity contribution in [1.82, 2.24) is 24.9 Å². The molecule has 0 saturated carbocycles. The van der Waals surface area contributed by atoms with Crippen molar-refractivity contribution in [2.24, 2.45) is 0 Å². The first-order valence-electron chi connectivity index (χ1n) is 9.47. The van der Waals surface area contributed by atoms with Gasteiger partial charge in [0, 0.05) is 18.8 Å². The molecule has 0 radical (unpaired) electrons. The van der Waals surface area contributed by atoms with Crippen molar-refractivity contribution in [1.29, 1.82) is 0 Å². The number of carbonyl (C=O) groups is 1. The molecule has 3 heterocycles. The van der Waals surface area contributed by atoms with Crippen LogP contribution in [0.25, 0.3) is 5.69 Å². The van der Waals surface area contributed by atoms with Gasteiger partial charge in [0.25, 0.3) is 5.91 Å². The maximum absolute atomic E-state index is 13.3. The summed E-state index contributed by atoms with van der Waals surface area (Å²) < 4.78 is 6.04. The Bertz CT molecular complexity index is 971. The van der Waals surface area contributed by atoms with Crippen molar-refractivity contribution in [2.45, 2.75) is 32.8 Å². The maximum Gasteiger partial charge on any atom is 0.256 e. The largest absolute Gasteiger partial charge is 0.472 e. The highest BCUT2D eigenvalue weighted by molar-refractivity contribution is 5.98. The van der Waals surface area contributed by atoms with Gasteiger partial charge in [0.1, 0.15) is 11.8 Å². The van der Waals surface area contributed by atoms with E-state index in [1.54, 1.807) is 18.6 Å². The number of benzene rings is 1. The lowest BCUT2D eigenvalue weighted by atomic mass is 10.0. The highest BCUT2D eigenvalue weighted by Gasteiger charge is 2.28. The summed E-state index contributed by atoms with van der Waals surface area (Å²) in [5.41, 5.74) is 3.38. The second-order valence-electron chi connectivity index (χ2n) is 7.09. The lowest BCUT2D eigenvalue weighted by molar-refractivity contribution is 0.0527.